The van der Waals surface area contributed by atoms with Crippen LogP contribution in [-0.4, -0.2) is 24.6 Å². The molecule has 1 N–H and O–H groups in total. The molecule has 1 nitrogen and oxygen atoms in total. The van der Waals surface area contributed by atoms with Gasteiger partial charge in [0.1, 0.15) is 0 Å². The van der Waals surface area contributed by atoms with Gasteiger partial charge in [0.05, 0.1) is 0 Å². The Morgan fingerprint density at radius 3 is 2.57 bits per heavy atom. The summed E-state index contributed by atoms with van der Waals surface area (Å²) in [5.41, 5.74) is 0. The summed E-state index contributed by atoms with van der Waals surface area (Å²) < 4.78 is 0. The topological polar surface area (TPSA) is 12.0 Å². The lowest BCUT2D eigenvalue weighted by molar-refractivity contribution is 0.338. The fourth-order valence-corrected chi connectivity index (χ4v) is 2.22. The number of thioether (sulfide) groups is 1. The van der Waals surface area contributed by atoms with Crippen LogP contribution in [0.3, 0.4) is 0 Å². The molecule has 1 atom stereocenters. The van der Waals surface area contributed by atoms with Gasteiger partial charge in [0.15, 0.2) is 0 Å². The molecule has 0 saturated heterocycles. The molecule has 0 aliphatic heterocycles. The highest BCUT2D eigenvalue weighted by atomic mass is 32.2. The molecule has 1 rings (SSSR count). The Morgan fingerprint density at radius 2 is 2.07 bits per heavy atom. The largest absolute Gasteiger partial charge is 0.314 e. The molecular formula is C12H25NS. The van der Waals surface area contributed by atoms with E-state index >= 15 is 0 Å². The summed E-state index contributed by atoms with van der Waals surface area (Å²) in [7, 11) is 0. The van der Waals surface area contributed by atoms with Crippen molar-refractivity contribution in [1.29, 1.82) is 0 Å². The van der Waals surface area contributed by atoms with Crippen molar-refractivity contribution in [2.24, 2.45) is 11.8 Å². The van der Waals surface area contributed by atoms with Gasteiger partial charge in [0, 0.05) is 6.04 Å². The van der Waals surface area contributed by atoms with Gasteiger partial charge in [-0.2, -0.15) is 11.8 Å². The fraction of sp³-hybridized carbons (Fsp3) is 1.00. The highest BCUT2D eigenvalue weighted by molar-refractivity contribution is 7.98. The van der Waals surface area contributed by atoms with Crippen LogP contribution in [0.25, 0.3) is 0 Å². The van der Waals surface area contributed by atoms with Gasteiger partial charge in [-0.15, -0.1) is 0 Å². The van der Waals surface area contributed by atoms with Gasteiger partial charge in [-0.25, -0.2) is 0 Å². The van der Waals surface area contributed by atoms with E-state index in [0.717, 1.165) is 17.9 Å². The molecule has 0 heterocycles. The molecule has 1 aliphatic carbocycles. The Kier molecular flexibility index (Phi) is 5.95. The van der Waals surface area contributed by atoms with Crippen LogP contribution in [0.5, 0.6) is 0 Å². The van der Waals surface area contributed by atoms with E-state index in [4.69, 9.17) is 0 Å². The van der Waals surface area contributed by atoms with E-state index in [2.05, 4.69) is 25.4 Å². The molecule has 14 heavy (non-hydrogen) atoms. The van der Waals surface area contributed by atoms with Gasteiger partial charge in [-0.3, -0.25) is 0 Å². The Morgan fingerprint density at radius 1 is 1.36 bits per heavy atom. The first-order chi connectivity index (χ1) is 6.74. The summed E-state index contributed by atoms with van der Waals surface area (Å²) in [6.45, 7) is 5.97. The minimum Gasteiger partial charge on any atom is -0.314 e. The molecule has 0 aromatic heterocycles. The van der Waals surface area contributed by atoms with Crippen molar-refractivity contribution in [1.82, 2.24) is 5.32 Å². The lowest BCUT2D eigenvalue weighted by Crippen LogP contribution is -2.27. The highest BCUT2D eigenvalue weighted by Crippen LogP contribution is 2.22. The zero-order valence-corrected chi connectivity index (χ0v) is 10.7. The van der Waals surface area contributed by atoms with E-state index in [1.165, 1.54) is 38.0 Å². The molecule has 0 aromatic rings. The van der Waals surface area contributed by atoms with E-state index in [9.17, 15) is 0 Å². The van der Waals surface area contributed by atoms with Crippen LogP contribution in [0.15, 0.2) is 0 Å². The van der Waals surface area contributed by atoms with Crippen LogP contribution in [0.4, 0.5) is 0 Å². The minimum atomic E-state index is 0.836. The van der Waals surface area contributed by atoms with E-state index < -0.39 is 0 Å². The Labute approximate surface area is 93.4 Å². The summed E-state index contributed by atoms with van der Waals surface area (Å²) in [5, 5.41) is 3.66. The molecule has 0 spiro atoms. The maximum Gasteiger partial charge on any atom is 0.00683 e. The van der Waals surface area contributed by atoms with E-state index in [1.807, 2.05) is 11.8 Å². The Balaban J connectivity index is 2.09. The molecule has 1 fully saturated rings. The van der Waals surface area contributed by atoms with Crippen LogP contribution >= 0.6 is 11.8 Å². The van der Waals surface area contributed by atoms with Crippen LogP contribution in [0.2, 0.25) is 0 Å². The van der Waals surface area contributed by atoms with E-state index in [0.29, 0.717) is 0 Å². The third-order valence-electron chi connectivity index (χ3n) is 3.11. The minimum absolute atomic E-state index is 0.836. The summed E-state index contributed by atoms with van der Waals surface area (Å²) in [6, 6.07) is 0.872. The van der Waals surface area contributed by atoms with Crippen LogP contribution in [-0.2, 0) is 0 Å². The monoisotopic (exact) mass is 215 g/mol. The van der Waals surface area contributed by atoms with Gasteiger partial charge < -0.3 is 5.32 Å². The van der Waals surface area contributed by atoms with Gasteiger partial charge in [0.25, 0.3) is 0 Å². The highest BCUT2D eigenvalue weighted by Gasteiger charge is 2.22. The van der Waals surface area contributed by atoms with E-state index in [1.54, 1.807) is 0 Å². The summed E-state index contributed by atoms with van der Waals surface area (Å²) >= 11 is 1.97. The Bertz CT molecular complexity index is 143. The van der Waals surface area contributed by atoms with Crippen molar-refractivity contribution < 1.29 is 0 Å². The second-order valence-electron chi connectivity index (χ2n) is 4.82. The molecule has 0 radical (unpaired) electrons. The standard InChI is InChI=1S/C12H25NS/c1-10(2)11(5-4-8-14-3)9-13-12-6-7-12/h10-13H,4-9H2,1-3H3. The smallest absolute Gasteiger partial charge is 0.00683 e. The third kappa shape index (κ3) is 5.26. The molecular weight excluding hydrogens is 190 g/mol. The van der Waals surface area contributed by atoms with Gasteiger partial charge in [-0.1, -0.05) is 13.8 Å². The van der Waals surface area contributed by atoms with Crippen molar-refractivity contribution in [3.8, 4) is 0 Å². The summed E-state index contributed by atoms with van der Waals surface area (Å²) in [4.78, 5) is 0. The van der Waals surface area contributed by atoms with Gasteiger partial charge in [-0.05, 0) is 56.1 Å². The van der Waals surface area contributed by atoms with E-state index in [-0.39, 0.29) is 0 Å². The average molecular weight is 215 g/mol. The molecule has 0 bridgehead atoms. The molecule has 1 unspecified atom stereocenters. The van der Waals surface area contributed by atoms with Crippen LogP contribution < -0.4 is 5.32 Å². The normalized spacial score (nSPS) is 18.9. The molecule has 1 aliphatic rings. The molecule has 84 valence electrons. The quantitative estimate of drug-likeness (QED) is 0.624. The van der Waals surface area contributed by atoms with Crippen LogP contribution in [0, 0.1) is 11.8 Å². The van der Waals surface area contributed by atoms with Crippen molar-refractivity contribution >= 4 is 11.8 Å². The first kappa shape index (κ1) is 12.4. The van der Waals surface area contributed by atoms with Crippen molar-refractivity contribution in [2.45, 2.75) is 45.6 Å². The van der Waals surface area contributed by atoms with Gasteiger partial charge in [0.2, 0.25) is 0 Å². The molecule has 0 aromatic carbocycles. The average Bonchev–Trinajstić information content (AvgIpc) is 2.94. The molecule has 2 heteroatoms. The summed E-state index contributed by atoms with van der Waals surface area (Å²) in [5.74, 6) is 3.05. The fourth-order valence-electron chi connectivity index (χ4n) is 1.77. The lowest BCUT2D eigenvalue weighted by Gasteiger charge is -2.21. The van der Waals surface area contributed by atoms with Gasteiger partial charge >= 0.3 is 0 Å². The van der Waals surface area contributed by atoms with Crippen molar-refractivity contribution in [2.75, 3.05) is 18.6 Å². The number of rotatable bonds is 8. The zero-order valence-electron chi connectivity index (χ0n) is 9.88. The predicted octanol–water partition coefficient (Wildman–Crippen LogP) is 3.15. The lowest BCUT2D eigenvalue weighted by atomic mass is 9.91. The first-order valence-corrected chi connectivity index (χ1v) is 7.35. The predicted molar refractivity (Wildman–Crippen MR) is 67.0 cm³/mol. The van der Waals surface area contributed by atoms with Crippen LogP contribution in [0.1, 0.15) is 39.5 Å². The molecule has 0 amide bonds. The summed E-state index contributed by atoms with van der Waals surface area (Å²) in [6.07, 6.45) is 7.81. The SMILES string of the molecule is CSCCCC(CNC1CC1)C(C)C. The maximum absolute atomic E-state index is 3.66. The second kappa shape index (κ2) is 6.73. The first-order valence-electron chi connectivity index (χ1n) is 5.96. The maximum atomic E-state index is 3.66. The third-order valence-corrected chi connectivity index (χ3v) is 3.81. The number of nitrogens with one attached hydrogen (secondary N) is 1. The second-order valence-corrected chi connectivity index (χ2v) is 5.81. The van der Waals surface area contributed by atoms with Crippen molar-refractivity contribution in [3.05, 3.63) is 0 Å². The molecule has 1 saturated carbocycles. The number of hydrogen-bond donors (Lipinski definition) is 1. The number of hydrogen-bond acceptors (Lipinski definition) is 2. The van der Waals surface area contributed by atoms with Crippen molar-refractivity contribution in [3.63, 3.8) is 0 Å². The Hall–Kier alpha value is 0.310. The zero-order chi connectivity index (χ0) is 10.4.